The quantitative estimate of drug-likeness (QED) is 0.388. The summed E-state index contributed by atoms with van der Waals surface area (Å²) in [5.74, 6) is -0.637. The minimum Gasteiger partial charge on any atom is -0.384 e. The molecule has 0 unspecified atom stereocenters. The van der Waals surface area contributed by atoms with Gasteiger partial charge in [-0.05, 0) is 80.0 Å². The number of hydrogen-bond acceptors (Lipinski definition) is 6. The summed E-state index contributed by atoms with van der Waals surface area (Å²) in [6.07, 6.45) is 5.13. The van der Waals surface area contributed by atoms with E-state index in [1.165, 1.54) is 18.2 Å². The summed E-state index contributed by atoms with van der Waals surface area (Å²) in [5, 5.41) is 19.3. The summed E-state index contributed by atoms with van der Waals surface area (Å²) in [5.41, 5.74) is 2.09. The first-order valence-corrected chi connectivity index (χ1v) is 12.4. The highest BCUT2D eigenvalue weighted by molar-refractivity contribution is 5.64. The highest BCUT2D eigenvalue weighted by Gasteiger charge is 2.65. The Balaban J connectivity index is 1.49. The Morgan fingerprint density at radius 1 is 0.973 bits per heavy atom. The molecule has 2 bridgehead atoms. The Kier molecular flexibility index (Phi) is 5.08. The van der Waals surface area contributed by atoms with Gasteiger partial charge in [-0.1, -0.05) is 19.9 Å². The van der Waals surface area contributed by atoms with Crippen molar-refractivity contribution in [1.82, 2.24) is 25.1 Å². The molecule has 0 radical (unpaired) electrons. The van der Waals surface area contributed by atoms with Crippen LogP contribution in [0.5, 0.6) is 0 Å². The van der Waals surface area contributed by atoms with Crippen LogP contribution in [-0.2, 0) is 11.0 Å². The van der Waals surface area contributed by atoms with Gasteiger partial charge in [0, 0.05) is 18.0 Å². The standard InChI is InChI=1S/C29H27F2N5O/c1-27(2)18-8-11-29(27,25-17(18)15-21(35-36-25)24-19(30)6-5-7-20(24)31)22-10-13-33-26(34-22)16-9-12-32-23(14-16)28(3,4)37/h5-7,9-10,12-15,18,37H,8,11H2,1-4H3/t18-,29-/m0/s1. The van der Waals surface area contributed by atoms with Crippen LogP contribution in [0.3, 0.4) is 0 Å². The molecular weight excluding hydrogens is 472 g/mol. The number of fused-ring (bicyclic) bond motifs is 5. The van der Waals surface area contributed by atoms with Crippen molar-refractivity contribution in [3.63, 3.8) is 0 Å². The zero-order chi connectivity index (χ0) is 26.2. The van der Waals surface area contributed by atoms with Crippen molar-refractivity contribution >= 4 is 0 Å². The number of hydrogen-bond donors (Lipinski definition) is 1. The van der Waals surface area contributed by atoms with Gasteiger partial charge in [0.05, 0.1) is 33.8 Å². The maximum Gasteiger partial charge on any atom is 0.159 e. The van der Waals surface area contributed by atoms with Gasteiger partial charge in [-0.3, -0.25) is 4.98 Å². The van der Waals surface area contributed by atoms with Crippen LogP contribution in [0.25, 0.3) is 22.6 Å². The number of nitrogens with zero attached hydrogens (tertiary/aromatic N) is 5. The highest BCUT2D eigenvalue weighted by Crippen LogP contribution is 2.69. The number of rotatable bonds is 4. The zero-order valence-electron chi connectivity index (χ0n) is 21.1. The van der Waals surface area contributed by atoms with E-state index < -0.39 is 22.7 Å². The number of aromatic nitrogens is 5. The van der Waals surface area contributed by atoms with Crippen LogP contribution in [0.4, 0.5) is 8.78 Å². The Hall–Kier alpha value is -3.65. The van der Waals surface area contributed by atoms with E-state index in [9.17, 15) is 13.9 Å². The number of pyridine rings is 1. The van der Waals surface area contributed by atoms with E-state index in [1.807, 2.05) is 12.1 Å². The molecule has 1 N–H and O–H groups in total. The highest BCUT2D eigenvalue weighted by atomic mass is 19.1. The third-order valence-electron chi connectivity index (χ3n) is 8.34. The lowest BCUT2D eigenvalue weighted by Gasteiger charge is -2.37. The average molecular weight is 500 g/mol. The summed E-state index contributed by atoms with van der Waals surface area (Å²) >= 11 is 0. The fourth-order valence-electron chi connectivity index (χ4n) is 6.40. The van der Waals surface area contributed by atoms with E-state index in [2.05, 4.69) is 34.0 Å². The normalized spacial score (nSPS) is 21.8. The summed E-state index contributed by atoms with van der Waals surface area (Å²) < 4.78 is 29.1. The Morgan fingerprint density at radius 3 is 2.43 bits per heavy atom. The first-order valence-electron chi connectivity index (χ1n) is 12.4. The molecule has 0 spiro atoms. The van der Waals surface area contributed by atoms with Crippen LogP contribution in [0.1, 0.15) is 69.1 Å². The van der Waals surface area contributed by atoms with Crippen LogP contribution in [-0.4, -0.2) is 30.3 Å². The van der Waals surface area contributed by atoms with Gasteiger partial charge in [-0.15, -0.1) is 5.10 Å². The van der Waals surface area contributed by atoms with E-state index >= 15 is 0 Å². The third kappa shape index (κ3) is 3.35. The van der Waals surface area contributed by atoms with Crippen molar-refractivity contribution in [2.24, 2.45) is 5.41 Å². The van der Waals surface area contributed by atoms with Gasteiger partial charge in [0.1, 0.15) is 17.2 Å². The lowest BCUT2D eigenvalue weighted by atomic mass is 9.66. The average Bonchev–Trinajstić information content (AvgIpc) is 3.24. The van der Waals surface area contributed by atoms with Crippen molar-refractivity contribution in [1.29, 1.82) is 0 Å². The summed E-state index contributed by atoms with van der Waals surface area (Å²) in [6.45, 7) is 7.78. The summed E-state index contributed by atoms with van der Waals surface area (Å²) in [4.78, 5) is 13.8. The fraction of sp³-hybridized carbons (Fsp3) is 0.345. The number of halogens is 2. The van der Waals surface area contributed by atoms with Gasteiger partial charge < -0.3 is 5.11 Å². The Morgan fingerprint density at radius 2 is 1.70 bits per heavy atom. The first-order chi connectivity index (χ1) is 17.5. The van der Waals surface area contributed by atoms with Crippen LogP contribution >= 0.6 is 0 Å². The van der Waals surface area contributed by atoms with Gasteiger partial charge in [0.15, 0.2) is 5.82 Å². The van der Waals surface area contributed by atoms with Crippen molar-refractivity contribution in [3.8, 4) is 22.6 Å². The number of aliphatic hydroxyl groups is 1. The van der Waals surface area contributed by atoms with Crippen molar-refractivity contribution in [2.45, 2.75) is 57.5 Å². The largest absolute Gasteiger partial charge is 0.384 e. The molecule has 0 aliphatic heterocycles. The van der Waals surface area contributed by atoms with Gasteiger partial charge in [-0.25, -0.2) is 18.7 Å². The van der Waals surface area contributed by atoms with Crippen LogP contribution in [0.15, 0.2) is 54.9 Å². The molecule has 1 aromatic carbocycles. The van der Waals surface area contributed by atoms with Crippen LogP contribution in [0, 0.1) is 17.0 Å². The van der Waals surface area contributed by atoms with Crippen LogP contribution < -0.4 is 0 Å². The molecule has 3 aromatic heterocycles. The topological polar surface area (TPSA) is 84.7 Å². The zero-order valence-corrected chi connectivity index (χ0v) is 21.1. The van der Waals surface area contributed by atoms with Gasteiger partial charge in [0.25, 0.3) is 0 Å². The minimum absolute atomic E-state index is 0.146. The first kappa shape index (κ1) is 23.7. The maximum atomic E-state index is 14.5. The second-order valence-corrected chi connectivity index (χ2v) is 11.1. The lowest BCUT2D eigenvalue weighted by molar-refractivity contribution is 0.0739. The molecule has 6 nitrogen and oxygen atoms in total. The van der Waals surface area contributed by atoms with E-state index in [-0.39, 0.29) is 22.6 Å². The van der Waals surface area contributed by atoms with E-state index in [0.29, 0.717) is 11.5 Å². The molecule has 6 rings (SSSR count). The van der Waals surface area contributed by atoms with Crippen molar-refractivity contribution in [3.05, 3.63) is 89.1 Å². The molecule has 4 aromatic rings. The molecule has 1 fully saturated rings. The monoisotopic (exact) mass is 499 g/mol. The van der Waals surface area contributed by atoms with Crippen LogP contribution in [0.2, 0.25) is 0 Å². The molecule has 0 amide bonds. The summed E-state index contributed by atoms with van der Waals surface area (Å²) in [7, 11) is 0. The summed E-state index contributed by atoms with van der Waals surface area (Å²) in [6, 6.07) is 11.2. The van der Waals surface area contributed by atoms with E-state index in [1.54, 1.807) is 38.4 Å². The molecule has 8 heteroatoms. The van der Waals surface area contributed by atoms with E-state index in [0.717, 1.165) is 35.4 Å². The molecule has 2 aliphatic rings. The Bertz CT molecular complexity index is 1530. The molecular formula is C29H27F2N5O. The van der Waals surface area contributed by atoms with Crippen molar-refractivity contribution < 1.29 is 13.9 Å². The third-order valence-corrected chi connectivity index (χ3v) is 8.34. The second-order valence-electron chi connectivity index (χ2n) is 11.1. The Labute approximate surface area is 213 Å². The molecule has 1 saturated carbocycles. The fourth-order valence-corrected chi connectivity index (χ4v) is 6.40. The van der Waals surface area contributed by atoms with Gasteiger partial charge in [0.2, 0.25) is 0 Å². The molecule has 3 heterocycles. The molecule has 188 valence electrons. The second kappa shape index (κ2) is 7.92. The molecule has 2 atom stereocenters. The SMILES string of the molecule is CC(C)(O)c1cc(-c2nccc([C@@]34CC[C@@H](c5cc(-c6c(F)cccc6F)nnc53)C4(C)C)n2)ccn1. The predicted molar refractivity (Wildman–Crippen MR) is 134 cm³/mol. The molecule has 2 aliphatic carbocycles. The smallest absolute Gasteiger partial charge is 0.159 e. The lowest BCUT2D eigenvalue weighted by Crippen LogP contribution is -2.38. The number of benzene rings is 1. The van der Waals surface area contributed by atoms with Gasteiger partial charge >= 0.3 is 0 Å². The van der Waals surface area contributed by atoms with E-state index in [4.69, 9.17) is 4.98 Å². The van der Waals surface area contributed by atoms with Crippen molar-refractivity contribution in [2.75, 3.05) is 0 Å². The predicted octanol–water partition coefficient (Wildman–Crippen LogP) is 5.70. The maximum absolute atomic E-state index is 14.5. The van der Waals surface area contributed by atoms with Gasteiger partial charge in [-0.2, -0.15) is 5.10 Å². The molecule has 0 saturated heterocycles. The minimum atomic E-state index is -1.09. The molecule has 37 heavy (non-hydrogen) atoms.